The highest BCUT2D eigenvalue weighted by molar-refractivity contribution is 7.09. The van der Waals surface area contributed by atoms with Gasteiger partial charge in [0.05, 0.1) is 0 Å². The molecule has 0 amide bonds. The predicted molar refractivity (Wildman–Crippen MR) is 70.9 cm³/mol. The lowest BCUT2D eigenvalue weighted by Crippen LogP contribution is -2.30. The van der Waals surface area contributed by atoms with E-state index in [2.05, 4.69) is 34.7 Å². The van der Waals surface area contributed by atoms with Gasteiger partial charge in [-0.15, -0.1) is 11.3 Å². The fourth-order valence-corrected chi connectivity index (χ4v) is 2.99. The zero-order valence-electron chi connectivity index (χ0n) is 10.1. The first-order valence-electron chi connectivity index (χ1n) is 6.36. The van der Waals surface area contributed by atoms with Crippen LogP contribution in [-0.2, 0) is 6.54 Å². The van der Waals surface area contributed by atoms with Gasteiger partial charge in [-0.25, -0.2) is 0 Å². The van der Waals surface area contributed by atoms with E-state index in [9.17, 15) is 0 Å². The van der Waals surface area contributed by atoms with Crippen LogP contribution in [0.1, 0.15) is 31.1 Å². The van der Waals surface area contributed by atoms with Crippen molar-refractivity contribution in [3.8, 4) is 0 Å². The van der Waals surface area contributed by atoms with Gasteiger partial charge in [-0.1, -0.05) is 13.0 Å². The van der Waals surface area contributed by atoms with Crippen molar-refractivity contribution in [2.24, 2.45) is 0 Å². The third-order valence-corrected chi connectivity index (χ3v) is 4.29. The molecule has 2 heterocycles. The average Bonchev–Trinajstić information content (AvgIpc) is 2.72. The van der Waals surface area contributed by atoms with Gasteiger partial charge in [-0.2, -0.15) is 0 Å². The molecule has 0 spiro atoms. The third kappa shape index (κ3) is 3.58. The van der Waals surface area contributed by atoms with Crippen molar-refractivity contribution in [3.63, 3.8) is 0 Å². The molecule has 0 saturated carbocycles. The Balaban J connectivity index is 1.73. The molecule has 0 radical (unpaired) electrons. The zero-order chi connectivity index (χ0) is 11.2. The maximum Gasteiger partial charge on any atom is 0.0302 e. The quantitative estimate of drug-likeness (QED) is 0.867. The smallest absolute Gasteiger partial charge is 0.0302 e. The van der Waals surface area contributed by atoms with Crippen LogP contribution < -0.4 is 5.32 Å². The largest absolute Gasteiger partial charge is 0.309 e. The first-order chi connectivity index (χ1) is 7.88. The number of nitrogens with one attached hydrogen (secondary N) is 1. The van der Waals surface area contributed by atoms with Crippen molar-refractivity contribution in [1.29, 1.82) is 0 Å². The topological polar surface area (TPSA) is 15.3 Å². The molecule has 1 unspecified atom stereocenters. The van der Waals surface area contributed by atoms with Crippen LogP contribution in [0.2, 0.25) is 0 Å². The van der Waals surface area contributed by atoms with Crippen molar-refractivity contribution in [2.45, 2.75) is 38.8 Å². The van der Waals surface area contributed by atoms with E-state index in [1.165, 1.54) is 43.8 Å². The van der Waals surface area contributed by atoms with Crippen LogP contribution in [0.5, 0.6) is 0 Å². The lowest BCUT2D eigenvalue weighted by molar-refractivity contribution is 0.297. The van der Waals surface area contributed by atoms with Gasteiger partial charge in [0.25, 0.3) is 0 Å². The molecule has 16 heavy (non-hydrogen) atoms. The second kappa shape index (κ2) is 6.38. The van der Waals surface area contributed by atoms with Gasteiger partial charge >= 0.3 is 0 Å². The number of hydrogen-bond acceptors (Lipinski definition) is 3. The van der Waals surface area contributed by atoms with Crippen LogP contribution in [0.3, 0.4) is 0 Å². The SMILES string of the molecule is CCN1CCCC(NCc2cccs2)CC1. The van der Waals surface area contributed by atoms with Crippen LogP contribution in [0, 0.1) is 0 Å². The first-order valence-corrected chi connectivity index (χ1v) is 7.24. The molecule has 1 aromatic heterocycles. The van der Waals surface area contributed by atoms with Gasteiger partial charge in [0, 0.05) is 17.5 Å². The predicted octanol–water partition coefficient (Wildman–Crippen LogP) is 2.71. The molecule has 1 fully saturated rings. The second-order valence-corrected chi connectivity index (χ2v) is 5.55. The van der Waals surface area contributed by atoms with E-state index in [4.69, 9.17) is 0 Å². The van der Waals surface area contributed by atoms with Gasteiger partial charge in [-0.05, 0) is 50.3 Å². The van der Waals surface area contributed by atoms with E-state index in [1.54, 1.807) is 0 Å². The molecule has 1 aromatic rings. The summed E-state index contributed by atoms with van der Waals surface area (Å²) in [5.74, 6) is 0. The summed E-state index contributed by atoms with van der Waals surface area (Å²) in [7, 11) is 0. The summed E-state index contributed by atoms with van der Waals surface area (Å²) in [4.78, 5) is 4.02. The first kappa shape index (κ1) is 12.1. The molecule has 0 bridgehead atoms. The van der Waals surface area contributed by atoms with E-state index >= 15 is 0 Å². The number of rotatable bonds is 4. The van der Waals surface area contributed by atoms with E-state index < -0.39 is 0 Å². The van der Waals surface area contributed by atoms with E-state index in [1.807, 2.05) is 11.3 Å². The minimum absolute atomic E-state index is 0.721. The Labute approximate surface area is 103 Å². The Bertz CT molecular complexity index is 284. The average molecular weight is 238 g/mol. The molecule has 1 atom stereocenters. The molecular weight excluding hydrogens is 216 g/mol. The van der Waals surface area contributed by atoms with Crippen LogP contribution >= 0.6 is 11.3 Å². The lowest BCUT2D eigenvalue weighted by Gasteiger charge is -2.18. The van der Waals surface area contributed by atoms with Crippen molar-refractivity contribution in [2.75, 3.05) is 19.6 Å². The van der Waals surface area contributed by atoms with Crippen molar-refractivity contribution in [1.82, 2.24) is 10.2 Å². The van der Waals surface area contributed by atoms with Crippen molar-refractivity contribution in [3.05, 3.63) is 22.4 Å². The molecule has 1 aliphatic rings. The molecular formula is C13H22N2S. The van der Waals surface area contributed by atoms with Gasteiger partial charge in [0.1, 0.15) is 0 Å². The van der Waals surface area contributed by atoms with Gasteiger partial charge in [0.2, 0.25) is 0 Å². The Hall–Kier alpha value is -0.380. The van der Waals surface area contributed by atoms with Gasteiger partial charge < -0.3 is 10.2 Å². The molecule has 2 rings (SSSR count). The summed E-state index contributed by atoms with van der Waals surface area (Å²) in [6.07, 6.45) is 3.98. The normalized spacial score (nSPS) is 23.2. The second-order valence-electron chi connectivity index (χ2n) is 4.52. The maximum atomic E-state index is 3.69. The summed E-state index contributed by atoms with van der Waals surface area (Å²) < 4.78 is 0. The molecule has 0 aliphatic carbocycles. The minimum Gasteiger partial charge on any atom is -0.309 e. The monoisotopic (exact) mass is 238 g/mol. The van der Waals surface area contributed by atoms with Crippen LogP contribution in [0.4, 0.5) is 0 Å². The van der Waals surface area contributed by atoms with Crippen molar-refractivity contribution < 1.29 is 0 Å². The van der Waals surface area contributed by atoms with E-state index in [0.29, 0.717) is 0 Å². The summed E-state index contributed by atoms with van der Waals surface area (Å²) in [5, 5.41) is 5.85. The van der Waals surface area contributed by atoms with Crippen LogP contribution in [-0.4, -0.2) is 30.6 Å². The van der Waals surface area contributed by atoms with Gasteiger partial charge in [-0.3, -0.25) is 0 Å². The molecule has 90 valence electrons. The number of thiophene rings is 1. The standard InChI is InChI=1S/C13H22N2S/c1-2-15-8-3-5-12(7-9-15)14-11-13-6-4-10-16-13/h4,6,10,12,14H,2-3,5,7-9,11H2,1H3. The number of hydrogen-bond donors (Lipinski definition) is 1. The zero-order valence-corrected chi connectivity index (χ0v) is 10.9. The van der Waals surface area contributed by atoms with E-state index in [0.717, 1.165) is 12.6 Å². The summed E-state index contributed by atoms with van der Waals surface area (Å²) in [6.45, 7) is 7.07. The van der Waals surface area contributed by atoms with E-state index in [-0.39, 0.29) is 0 Å². The molecule has 0 aromatic carbocycles. The Morgan fingerprint density at radius 1 is 1.44 bits per heavy atom. The molecule has 1 saturated heterocycles. The number of likely N-dealkylation sites (tertiary alicyclic amines) is 1. The Morgan fingerprint density at radius 3 is 3.12 bits per heavy atom. The van der Waals surface area contributed by atoms with Crippen LogP contribution in [0.15, 0.2) is 17.5 Å². The summed E-state index contributed by atoms with van der Waals surface area (Å²) in [6, 6.07) is 5.07. The fraction of sp³-hybridized carbons (Fsp3) is 0.692. The molecule has 1 aliphatic heterocycles. The Kier molecular flexibility index (Phi) is 4.82. The summed E-state index contributed by atoms with van der Waals surface area (Å²) >= 11 is 1.85. The molecule has 1 N–H and O–H groups in total. The Morgan fingerprint density at radius 2 is 2.38 bits per heavy atom. The highest BCUT2D eigenvalue weighted by Gasteiger charge is 2.15. The minimum atomic E-state index is 0.721. The highest BCUT2D eigenvalue weighted by Crippen LogP contribution is 2.13. The van der Waals surface area contributed by atoms with Gasteiger partial charge in [0.15, 0.2) is 0 Å². The lowest BCUT2D eigenvalue weighted by atomic mass is 10.1. The van der Waals surface area contributed by atoms with Crippen LogP contribution in [0.25, 0.3) is 0 Å². The molecule has 2 nitrogen and oxygen atoms in total. The fourth-order valence-electron chi connectivity index (χ4n) is 2.33. The summed E-state index contributed by atoms with van der Waals surface area (Å²) in [5.41, 5.74) is 0. The molecule has 3 heteroatoms. The maximum absolute atomic E-state index is 3.69. The third-order valence-electron chi connectivity index (χ3n) is 3.41. The highest BCUT2D eigenvalue weighted by atomic mass is 32.1. The van der Waals surface area contributed by atoms with Crippen molar-refractivity contribution >= 4 is 11.3 Å². The number of nitrogens with zero attached hydrogens (tertiary/aromatic N) is 1.